The maximum Gasteiger partial charge on any atom is 0.227 e. The molecule has 1 saturated carbocycles. The summed E-state index contributed by atoms with van der Waals surface area (Å²) in [6.07, 6.45) is 3.31. The van der Waals surface area contributed by atoms with Crippen molar-refractivity contribution in [2.75, 3.05) is 0 Å². The van der Waals surface area contributed by atoms with Crippen LogP contribution in [-0.2, 0) is 4.79 Å². The van der Waals surface area contributed by atoms with Gasteiger partial charge in [0, 0.05) is 11.6 Å². The van der Waals surface area contributed by atoms with Crippen molar-refractivity contribution in [3.63, 3.8) is 0 Å². The average molecular weight is 139 g/mol. The van der Waals surface area contributed by atoms with Crippen molar-refractivity contribution in [1.82, 2.24) is 5.32 Å². The Morgan fingerprint density at radius 2 is 2.20 bits per heavy atom. The molecule has 0 bridgehead atoms. The van der Waals surface area contributed by atoms with Gasteiger partial charge in [0.1, 0.15) is 0 Å². The minimum atomic E-state index is 0.152. The highest BCUT2D eigenvalue weighted by molar-refractivity contribution is 5.80. The highest BCUT2D eigenvalue weighted by Gasteiger charge is 2.24. The average Bonchev–Trinajstić information content (AvgIpc) is 1.55. The monoisotopic (exact) mass is 139 g/mol. The van der Waals surface area contributed by atoms with E-state index in [1.165, 1.54) is 6.42 Å². The molecule has 56 valence electrons. The minimum absolute atomic E-state index is 0.152. The minimum Gasteiger partial charge on any atom is -0.330 e. The van der Waals surface area contributed by atoms with E-state index in [1.807, 2.05) is 0 Å². The van der Waals surface area contributed by atoms with Crippen LogP contribution >= 0.6 is 0 Å². The first-order valence-electron chi connectivity index (χ1n) is 3.66. The van der Waals surface area contributed by atoms with Gasteiger partial charge in [-0.2, -0.15) is 0 Å². The van der Waals surface area contributed by atoms with Crippen LogP contribution in [-0.4, -0.2) is 5.91 Å². The van der Waals surface area contributed by atoms with Gasteiger partial charge in [0.25, 0.3) is 0 Å². The molecular formula is C8H13NO. The van der Waals surface area contributed by atoms with Crippen molar-refractivity contribution in [1.29, 1.82) is 0 Å². The molecule has 10 heavy (non-hydrogen) atoms. The normalized spacial score (nSPS) is 17.7. The third-order valence-electron chi connectivity index (χ3n) is 1.81. The van der Waals surface area contributed by atoms with Gasteiger partial charge in [0.15, 0.2) is 0 Å². The first-order valence-corrected chi connectivity index (χ1v) is 3.66. The Balaban J connectivity index is 2.27. The second-order valence-corrected chi connectivity index (χ2v) is 2.90. The standard InChI is InChI=1S/C8H13NO/c1-6(2)9-8(10)7-4-3-5-7/h7H,1,3-5H2,2H3,(H,9,10). The molecule has 0 aromatic heterocycles. The summed E-state index contributed by atoms with van der Waals surface area (Å²) in [7, 11) is 0. The lowest BCUT2D eigenvalue weighted by atomic mass is 9.85. The van der Waals surface area contributed by atoms with Crippen molar-refractivity contribution >= 4 is 5.91 Å². The van der Waals surface area contributed by atoms with Crippen LogP contribution in [0.25, 0.3) is 0 Å². The molecular weight excluding hydrogens is 126 g/mol. The van der Waals surface area contributed by atoms with Crippen LogP contribution in [0.3, 0.4) is 0 Å². The van der Waals surface area contributed by atoms with Crippen LogP contribution in [0, 0.1) is 5.92 Å². The molecule has 1 amide bonds. The molecule has 1 fully saturated rings. The largest absolute Gasteiger partial charge is 0.330 e. The molecule has 0 heterocycles. The second-order valence-electron chi connectivity index (χ2n) is 2.90. The predicted molar refractivity (Wildman–Crippen MR) is 40.3 cm³/mol. The van der Waals surface area contributed by atoms with Crippen molar-refractivity contribution < 1.29 is 4.79 Å². The molecule has 2 heteroatoms. The lowest BCUT2D eigenvalue weighted by Gasteiger charge is -2.23. The van der Waals surface area contributed by atoms with Crippen molar-refractivity contribution in [3.05, 3.63) is 12.3 Å². The summed E-state index contributed by atoms with van der Waals surface area (Å²) in [6, 6.07) is 0. The van der Waals surface area contributed by atoms with Crippen molar-refractivity contribution in [2.24, 2.45) is 5.92 Å². The summed E-state index contributed by atoms with van der Waals surface area (Å²) in [6.45, 7) is 5.41. The third-order valence-corrected chi connectivity index (χ3v) is 1.81. The number of carbonyl (C=O) groups excluding carboxylic acids is 1. The van der Waals surface area contributed by atoms with Crippen molar-refractivity contribution in [2.45, 2.75) is 26.2 Å². The zero-order chi connectivity index (χ0) is 7.56. The SMILES string of the molecule is C=C(C)NC(=O)C1CCC1. The van der Waals surface area contributed by atoms with Crippen LogP contribution in [0.4, 0.5) is 0 Å². The van der Waals surface area contributed by atoms with Crippen LogP contribution in [0.1, 0.15) is 26.2 Å². The molecule has 2 nitrogen and oxygen atoms in total. The Bertz CT molecular complexity index is 159. The zero-order valence-electron chi connectivity index (χ0n) is 6.31. The smallest absolute Gasteiger partial charge is 0.227 e. The number of amides is 1. The third kappa shape index (κ3) is 1.59. The van der Waals surface area contributed by atoms with Gasteiger partial charge in [-0.25, -0.2) is 0 Å². The molecule has 1 rings (SSSR count). The van der Waals surface area contributed by atoms with E-state index in [4.69, 9.17) is 0 Å². The number of carbonyl (C=O) groups is 1. The van der Waals surface area contributed by atoms with E-state index in [2.05, 4.69) is 11.9 Å². The number of rotatable bonds is 2. The molecule has 1 aliphatic rings. The number of hydrogen-bond donors (Lipinski definition) is 1. The number of nitrogens with one attached hydrogen (secondary N) is 1. The Labute approximate surface area is 61.3 Å². The Hall–Kier alpha value is -0.790. The fraction of sp³-hybridized carbons (Fsp3) is 0.625. The van der Waals surface area contributed by atoms with E-state index in [0.29, 0.717) is 0 Å². The van der Waals surface area contributed by atoms with E-state index < -0.39 is 0 Å². The van der Waals surface area contributed by atoms with Gasteiger partial charge in [-0.1, -0.05) is 13.0 Å². The van der Waals surface area contributed by atoms with Gasteiger partial charge >= 0.3 is 0 Å². The fourth-order valence-electron chi connectivity index (χ4n) is 0.983. The summed E-state index contributed by atoms with van der Waals surface area (Å²) >= 11 is 0. The van der Waals surface area contributed by atoms with Crippen molar-refractivity contribution in [3.8, 4) is 0 Å². The molecule has 0 saturated heterocycles. The number of hydrogen-bond acceptors (Lipinski definition) is 1. The Morgan fingerprint density at radius 1 is 1.60 bits per heavy atom. The summed E-state index contributed by atoms with van der Waals surface area (Å²) in [5.41, 5.74) is 0.747. The molecule has 0 aromatic rings. The molecule has 0 radical (unpaired) electrons. The molecule has 0 aromatic carbocycles. The summed E-state index contributed by atoms with van der Waals surface area (Å²) in [5.74, 6) is 0.426. The van der Waals surface area contributed by atoms with Gasteiger partial charge in [-0.3, -0.25) is 4.79 Å². The topological polar surface area (TPSA) is 29.1 Å². The van der Waals surface area contributed by atoms with Crippen LogP contribution < -0.4 is 5.32 Å². The highest BCUT2D eigenvalue weighted by atomic mass is 16.1. The van der Waals surface area contributed by atoms with Crippen LogP contribution in [0.15, 0.2) is 12.3 Å². The van der Waals surface area contributed by atoms with Gasteiger partial charge in [-0.05, 0) is 19.8 Å². The summed E-state index contributed by atoms with van der Waals surface area (Å²) in [5, 5.41) is 2.71. The quantitative estimate of drug-likeness (QED) is 0.616. The lowest BCUT2D eigenvalue weighted by Crippen LogP contribution is -2.32. The van der Waals surface area contributed by atoms with Gasteiger partial charge < -0.3 is 5.32 Å². The lowest BCUT2D eigenvalue weighted by molar-refractivity contribution is -0.126. The Kier molecular flexibility index (Phi) is 2.10. The maximum absolute atomic E-state index is 11.1. The molecule has 0 aliphatic heterocycles. The van der Waals surface area contributed by atoms with E-state index in [0.717, 1.165) is 18.5 Å². The van der Waals surface area contributed by atoms with E-state index in [1.54, 1.807) is 6.92 Å². The predicted octanol–water partition coefficient (Wildman–Crippen LogP) is 1.44. The van der Waals surface area contributed by atoms with Gasteiger partial charge in [0.2, 0.25) is 5.91 Å². The first-order chi connectivity index (χ1) is 4.70. The first kappa shape index (κ1) is 7.32. The van der Waals surface area contributed by atoms with Crippen LogP contribution in [0.5, 0.6) is 0 Å². The molecule has 1 N–H and O–H groups in total. The summed E-state index contributed by atoms with van der Waals surface area (Å²) in [4.78, 5) is 11.1. The zero-order valence-corrected chi connectivity index (χ0v) is 6.31. The fourth-order valence-corrected chi connectivity index (χ4v) is 0.983. The summed E-state index contributed by atoms with van der Waals surface area (Å²) < 4.78 is 0. The van der Waals surface area contributed by atoms with E-state index >= 15 is 0 Å². The van der Waals surface area contributed by atoms with E-state index in [9.17, 15) is 4.79 Å². The maximum atomic E-state index is 11.1. The molecule has 0 unspecified atom stereocenters. The van der Waals surface area contributed by atoms with Gasteiger partial charge in [-0.15, -0.1) is 0 Å². The van der Waals surface area contributed by atoms with E-state index in [-0.39, 0.29) is 11.8 Å². The van der Waals surface area contributed by atoms with Crippen LogP contribution in [0.2, 0.25) is 0 Å². The Morgan fingerprint density at radius 3 is 2.50 bits per heavy atom. The number of allylic oxidation sites excluding steroid dienone is 1. The molecule has 0 spiro atoms. The highest BCUT2D eigenvalue weighted by Crippen LogP contribution is 2.26. The second kappa shape index (κ2) is 2.86. The van der Waals surface area contributed by atoms with Gasteiger partial charge in [0.05, 0.1) is 0 Å². The molecule has 0 atom stereocenters. The molecule has 1 aliphatic carbocycles.